The van der Waals surface area contributed by atoms with Crippen molar-refractivity contribution in [3.05, 3.63) is 30.1 Å². The number of nitrogens with one attached hydrogen (secondary N) is 1. The molecule has 0 unspecified atom stereocenters. The molecule has 1 aliphatic heterocycles. The first-order chi connectivity index (χ1) is 7.59. The lowest BCUT2D eigenvalue weighted by Gasteiger charge is -2.15. The summed E-state index contributed by atoms with van der Waals surface area (Å²) in [5, 5.41) is 3.19. The lowest BCUT2D eigenvalue weighted by atomic mass is 10.1. The zero-order chi connectivity index (χ0) is 11.6. The van der Waals surface area contributed by atoms with Gasteiger partial charge in [-0.05, 0) is 30.7 Å². The highest BCUT2D eigenvalue weighted by atomic mass is 32.2. The van der Waals surface area contributed by atoms with Crippen LogP contribution in [0.2, 0.25) is 0 Å². The van der Waals surface area contributed by atoms with Crippen LogP contribution in [0.1, 0.15) is 12.1 Å². The molecule has 0 amide bonds. The van der Waals surface area contributed by atoms with Crippen LogP contribution in [0.15, 0.2) is 29.3 Å². The van der Waals surface area contributed by atoms with Gasteiger partial charge in [0.25, 0.3) is 0 Å². The summed E-state index contributed by atoms with van der Waals surface area (Å²) in [6, 6.07) is 3.27. The molecule has 0 radical (unpaired) electrons. The molecule has 0 bridgehead atoms. The van der Waals surface area contributed by atoms with Crippen molar-refractivity contribution in [1.82, 2.24) is 10.3 Å². The van der Waals surface area contributed by atoms with Crippen LogP contribution >= 0.6 is 0 Å². The number of rotatable bonds is 2. The Hall–Kier alpha value is -1.20. The predicted octanol–water partition coefficient (Wildman–Crippen LogP) is 0.862. The van der Waals surface area contributed by atoms with E-state index in [0.29, 0.717) is 10.6 Å². The standard InChI is InChI=1S/C11H14N2O2S/c1-16(14,15)10-3-2-6-13-11(10)9-4-7-12-8-5-9/h2-4,6,12H,5,7-8H2,1H3. The minimum Gasteiger partial charge on any atom is -0.313 e. The van der Waals surface area contributed by atoms with Gasteiger partial charge in [0.15, 0.2) is 9.84 Å². The number of nitrogens with zero attached hydrogens (tertiary/aromatic N) is 1. The van der Waals surface area contributed by atoms with Crippen molar-refractivity contribution in [3.8, 4) is 0 Å². The van der Waals surface area contributed by atoms with Gasteiger partial charge in [0.1, 0.15) is 0 Å². The van der Waals surface area contributed by atoms with E-state index in [4.69, 9.17) is 0 Å². The first kappa shape index (κ1) is 11.3. The Kier molecular flexibility index (Phi) is 3.07. The fourth-order valence-electron chi connectivity index (χ4n) is 1.77. The molecular weight excluding hydrogens is 224 g/mol. The number of sulfone groups is 1. The molecule has 0 spiro atoms. The maximum absolute atomic E-state index is 11.6. The van der Waals surface area contributed by atoms with E-state index < -0.39 is 9.84 Å². The van der Waals surface area contributed by atoms with Crippen molar-refractivity contribution in [2.24, 2.45) is 0 Å². The number of hydrogen-bond acceptors (Lipinski definition) is 4. The molecule has 86 valence electrons. The summed E-state index contributed by atoms with van der Waals surface area (Å²) in [7, 11) is -3.21. The predicted molar refractivity (Wildman–Crippen MR) is 62.8 cm³/mol. The molecule has 1 N–H and O–H groups in total. The second-order valence-electron chi connectivity index (χ2n) is 3.81. The third-order valence-corrected chi connectivity index (χ3v) is 3.67. The van der Waals surface area contributed by atoms with Crippen LogP contribution in [0.3, 0.4) is 0 Å². The highest BCUT2D eigenvalue weighted by Crippen LogP contribution is 2.24. The van der Waals surface area contributed by atoms with E-state index >= 15 is 0 Å². The van der Waals surface area contributed by atoms with Crippen molar-refractivity contribution in [1.29, 1.82) is 0 Å². The van der Waals surface area contributed by atoms with Crippen molar-refractivity contribution < 1.29 is 8.42 Å². The molecule has 0 saturated carbocycles. The second kappa shape index (κ2) is 4.35. The average Bonchev–Trinajstić information content (AvgIpc) is 2.29. The van der Waals surface area contributed by atoms with E-state index in [1.807, 2.05) is 6.08 Å². The lowest BCUT2D eigenvalue weighted by Crippen LogP contribution is -2.21. The van der Waals surface area contributed by atoms with Crippen LogP contribution in [-0.2, 0) is 9.84 Å². The molecule has 2 rings (SSSR count). The van der Waals surface area contributed by atoms with E-state index in [2.05, 4.69) is 10.3 Å². The molecule has 2 heterocycles. The Morgan fingerprint density at radius 2 is 2.25 bits per heavy atom. The Morgan fingerprint density at radius 1 is 1.44 bits per heavy atom. The summed E-state index contributed by atoms with van der Waals surface area (Å²) >= 11 is 0. The van der Waals surface area contributed by atoms with E-state index in [0.717, 1.165) is 25.1 Å². The number of aromatic nitrogens is 1. The quantitative estimate of drug-likeness (QED) is 0.830. The van der Waals surface area contributed by atoms with E-state index in [1.165, 1.54) is 6.26 Å². The zero-order valence-electron chi connectivity index (χ0n) is 9.10. The Labute approximate surface area is 95.3 Å². The Morgan fingerprint density at radius 3 is 2.88 bits per heavy atom. The molecule has 4 nitrogen and oxygen atoms in total. The van der Waals surface area contributed by atoms with Gasteiger partial charge in [-0.2, -0.15) is 0 Å². The van der Waals surface area contributed by atoms with Gasteiger partial charge in [0.05, 0.1) is 10.6 Å². The van der Waals surface area contributed by atoms with Gasteiger partial charge in [-0.15, -0.1) is 0 Å². The summed E-state index contributed by atoms with van der Waals surface area (Å²) in [5.41, 5.74) is 1.62. The fourth-order valence-corrected chi connectivity index (χ4v) is 2.63. The van der Waals surface area contributed by atoms with E-state index in [1.54, 1.807) is 18.3 Å². The summed E-state index contributed by atoms with van der Waals surface area (Å²) in [4.78, 5) is 4.52. The van der Waals surface area contributed by atoms with Crippen LogP contribution in [-0.4, -0.2) is 32.7 Å². The van der Waals surface area contributed by atoms with Crippen LogP contribution < -0.4 is 5.32 Å². The van der Waals surface area contributed by atoms with Gasteiger partial charge in [-0.25, -0.2) is 8.42 Å². The summed E-state index contributed by atoms with van der Waals surface area (Å²) < 4.78 is 23.2. The van der Waals surface area contributed by atoms with Gasteiger partial charge >= 0.3 is 0 Å². The largest absolute Gasteiger partial charge is 0.313 e. The SMILES string of the molecule is CS(=O)(=O)c1cccnc1C1=CCNCC1. The van der Waals surface area contributed by atoms with Crippen LogP contribution in [0.25, 0.3) is 5.57 Å². The third kappa shape index (κ3) is 2.31. The Balaban J connectivity index is 2.52. The maximum atomic E-state index is 11.6. The van der Waals surface area contributed by atoms with E-state index in [9.17, 15) is 8.42 Å². The topological polar surface area (TPSA) is 59.1 Å². The first-order valence-electron chi connectivity index (χ1n) is 5.14. The molecule has 0 fully saturated rings. The average molecular weight is 238 g/mol. The normalized spacial score (nSPS) is 16.9. The molecule has 1 aliphatic rings. The lowest BCUT2D eigenvalue weighted by molar-refractivity contribution is 0.601. The number of hydrogen-bond donors (Lipinski definition) is 1. The molecule has 0 aromatic carbocycles. The van der Waals surface area contributed by atoms with E-state index in [-0.39, 0.29) is 0 Å². The zero-order valence-corrected chi connectivity index (χ0v) is 9.92. The molecule has 1 aromatic rings. The monoisotopic (exact) mass is 238 g/mol. The summed E-state index contributed by atoms with van der Waals surface area (Å²) in [6.07, 6.45) is 5.67. The minimum absolute atomic E-state index is 0.322. The molecule has 5 heteroatoms. The van der Waals surface area contributed by atoms with Gasteiger partial charge in [-0.1, -0.05) is 6.08 Å². The van der Waals surface area contributed by atoms with Crippen LogP contribution in [0.5, 0.6) is 0 Å². The smallest absolute Gasteiger partial charge is 0.177 e. The van der Waals surface area contributed by atoms with Gasteiger partial charge in [0, 0.05) is 19.0 Å². The maximum Gasteiger partial charge on any atom is 0.177 e. The minimum atomic E-state index is -3.21. The van der Waals surface area contributed by atoms with Gasteiger partial charge < -0.3 is 5.32 Å². The molecule has 16 heavy (non-hydrogen) atoms. The van der Waals surface area contributed by atoms with Crippen molar-refractivity contribution in [2.75, 3.05) is 19.3 Å². The fraction of sp³-hybridized carbons (Fsp3) is 0.364. The molecular formula is C11H14N2O2S. The summed E-state index contributed by atoms with van der Waals surface area (Å²) in [6.45, 7) is 1.64. The van der Waals surface area contributed by atoms with Gasteiger partial charge in [-0.3, -0.25) is 4.98 Å². The van der Waals surface area contributed by atoms with Crippen molar-refractivity contribution in [2.45, 2.75) is 11.3 Å². The first-order valence-corrected chi connectivity index (χ1v) is 7.03. The van der Waals surface area contributed by atoms with Gasteiger partial charge in [0.2, 0.25) is 0 Å². The molecule has 1 aromatic heterocycles. The highest BCUT2D eigenvalue weighted by molar-refractivity contribution is 7.90. The third-order valence-electron chi connectivity index (χ3n) is 2.54. The Bertz CT molecular complexity index is 521. The summed E-state index contributed by atoms with van der Waals surface area (Å²) in [5.74, 6) is 0. The van der Waals surface area contributed by atoms with Crippen LogP contribution in [0.4, 0.5) is 0 Å². The number of pyridine rings is 1. The second-order valence-corrected chi connectivity index (χ2v) is 5.79. The van der Waals surface area contributed by atoms with Crippen molar-refractivity contribution in [3.63, 3.8) is 0 Å². The highest BCUT2D eigenvalue weighted by Gasteiger charge is 2.17. The van der Waals surface area contributed by atoms with Crippen LogP contribution in [0, 0.1) is 0 Å². The van der Waals surface area contributed by atoms with Crippen molar-refractivity contribution >= 4 is 15.4 Å². The molecule has 0 saturated heterocycles. The molecule has 0 atom stereocenters. The molecule has 0 aliphatic carbocycles.